The van der Waals surface area contributed by atoms with Crippen molar-refractivity contribution < 1.29 is 8.78 Å². The standard InChI is InChI=1S/C11H19F2N/c12-11(13)8-4-5-9-14(11)10-6-2-1-3-7-10/h10H,1-9H2. The van der Waals surface area contributed by atoms with Gasteiger partial charge in [-0.3, -0.25) is 0 Å². The fourth-order valence-electron chi connectivity index (χ4n) is 2.77. The van der Waals surface area contributed by atoms with Gasteiger partial charge < -0.3 is 0 Å². The van der Waals surface area contributed by atoms with Crippen molar-refractivity contribution in [3.05, 3.63) is 0 Å². The van der Waals surface area contributed by atoms with Gasteiger partial charge in [-0.15, -0.1) is 0 Å². The van der Waals surface area contributed by atoms with Crippen LogP contribution >= 0.6 is 0 Å². The van der Waals surface area contributed by atoms with Crippen molar-refractivity contribution in [3.63, 3.8) is 0 Å². The lowest BCUT2D eigenvalue weighted by Gasteiger charge is -2.42. The molecule has 0 spiro atoms. The summed E-state index contributed by atoms with van der Waals surface area (Å²) in [7, 11) is 0. The van der Waals surface area contributed by atoms with E-state index >= 15 is 0 Å². The zero-order valence-electron chi connectivity index (χ0n) is 8.64. The largest absolute Gasteiger partial charge is 0.305 e. The van der Waals surface area contributed by atoms with Crippen molar-refractivity contribution in [1.29, 1.82) is 0 Å². The molecule has 0 N–H and O–H groups in total. The Balaban J connectivity index is 1.99. The molecule has 2 rings (SSSR count). The molecule has 0 amide bonds. The minimum Gasteiger partial charge on any atom is -0.242 e. The third-order valence-electron chi connectivity index (χ3n) is 3.56. The maximum atomic E-state index is 13.6. The molecule has 14 heavy (non-hydrogen) atoms. The van der Waals surface area contributed by atoms with Crippen LogP contribution in [-0.4, -0.2) is 23.5 Å². The number of alkyl halides is 2. The van der Waals surface area contributed by atoms with E-state index in [4.69, 9.17) is 0 Å². The lowest BCUT2D eigenvalue weighted by molar-refractivity contribution is -0.188. The van der Waals surface area contributed by atoms with Gasteiger partial charge >= 0.3 is 6.05 Å². The fraction of sp³-hybridized carbons (Fsp3) is 1.00. The summed E-state index contributed by atoms with van der Waals surface area (Å²) in [6, 6.07) is -2.35. The molecule has 82 valence electrons. The quantitative estimate of drug-likeness (QED) is 0.590. The number of likely N-dealkylation sites (tertiary alicyclic amines) is 1. The van der Waals surface area contributed by atoms with E-state index in [1.54, 1.807) is 0 Å². The second-order valence-corrected chi connectivity index (χ2v) is 4.61. The summed E-state index contributed by atoms with van der Waals surface area (Å²) in [6.45, 7) is 0.609. The monoisotopic (exact) mass is 203 g/mol. The third-order valence-corrected chi connectivity index (χ3v) is 3.56. The second kappa shape index (κ2) is 4.13. The first-order valence-electron chi connectivity index (χ1n) is 5.85. The summed E-state index contributed by atoms with van der Waals surface area (Å²) in [5.74, 6) is 0. The molecule has 0 aromatic carbocycles. The smallest absolute Gasteiger partial charge is 0.242 e. The highest BCUT2D eigenvalue weighted by molar-refractivity contribution is 4.84. The highest BCUT2D eigenvalue weighted by atomic mass is 19.3. The Kier molecular flexibility index (Phi) is 3.05. The van der Waals surface area contributed by atoms with Gasteiger partial charge in [0, 0.05) is 19.0 Å². The van der Waals surface area contributed by atoms with Crippen LogP contribution in [0.2, 0.25) is 0 Å². The van der Waals surface area contributed by atoms with E-state index in [-0.39, 0.29) is 12.5 Å². The molecule has 1 aliphatic heterocycles. The summed E-state index contributed by atoms with van der Waals surface area (Å²) in [6.07, 6.45) is 7.18. The molecule has 0 atom stereocenters. The number of hydrogen-bond acceptors (Lipinski definition) is 1. The first kappa shape index (κ1) is 10.3. The topological polar surface area (TPSA) is 3.24 Å². The van der Waals surface area contributed by atoms with Gasteiger partial charge in [0.25, 0.3) is 0 Å². The molecule has 0 aromatic rings. The average molecular weight is 203 g/mol. The Morgan fingerprint density at radius 2 is 1.64 bits per heavy atom. The number of nitrogens with zero attached hydrogens (tertiary/aromatic N) is 1. The van der Waals surface area contributed by atoms with Gasteiger partial charge in [-0.05, 0) is 25.7 Å². The predicted octanol–water partition coefficient (Wildman–Crippen LogP) is 3.40. The van der Waals surface area contributed by atoms with Gasteiger partial charge in [0.2, 0.25) is 0 Å². The van der Waals surface area contributed by atoms with Crippen molar-refractivity contribution in [1.82, 2.24) is 4.90 Å². The maximum Gasteiger partial charge on any atom is 0.305 e. The molecule has 1 saturated heterocycles. The minimum atomic E-state index is -2.51. The maximum absolute atomic E-state index is 13.6. The second-order valence-electron chi connectivity index (χ2n) is 4.61. The van der Waals surface area contributed by atoms with Crippen LogP contribution in [0.1, 0.15) is 51.4 Å². The average Bonchev–Trinajstić information content (AvgIpc) is 2.18. The van der Waals surface area contributed by atoms with Crippen LogP contribution in [0.3, 0.4) is 0 Å². The third kappa shape index (κ3) is 2.08. The van der Waals surface area contributed by atoms with E-state index in [0.717, 1.165) is 32.1 Å². The van der Waals surface area contributed by atoms with Crippen LogP contribution in [-0.2, 0) is 0 Å². The molecule has 1 saturated carbocycles. The van der Waals surface area contributed by atoms with Crippen molar-refractivity contribution in [3.8, 4) is 0 Å². The Bertz CT molecular complexity index is 188. The van der Waals surface area contributed by atoms with E-state index in [9.17, 15) is 8.78 Å². The number of rotatable bonds is 1. The van der Waals surface area contributed by atoms with Crippen molar-refractivity contribution >= 4 is 0 Å². The van der Waals surface area contributed by atoms with Crippen LogP contribution < -0.4 is 0 Å². The summed E-state index contributed by atoms with van der Waals surface area (Å²) >= 11 is 0. The molecule has 1 heterocycles. The van der Waals surface area contributed by atoms with Gasteiger partial charge in [-0.2, -0.15) is 8.78 Å². The molecule has 1 nitrogen and oxygen atoms in total. The number of halogens is 2. The van der Waals surface area contributed by atoms with E-state index < -0.39 is 6.05 Å². The molecule has 0 radical (unpaired) electrons. The Morgan fingerprint density at radius 3 is 2.29 bits per heavy atom. The first-order chi connectivity index (χ1) is 6.70. The highest BCUT2D eigenvalue weighted by Gasteiger charge is 2.42. The van der Waals surface area contributed by atoms with Gasteiger partial charge in [0.1, 0.15) is 0 Å². The molecule has 0 aromatic heterocycles. The lowest BCUT2D eigenvalue weighted by atomic mass is 9.92. The molecule has 0 bridgehead atoms. The van der Waals surface area contributed by atoms with Crippen LogP contribution in [0.5, 0.6) is 0 Å². The van der Waals surface area contributed by atoms with Crippen LogP contribution in [0, 0.1) is 0 Å². The molecule has 2 aliphatic rings. The summed E-state index contributed by atoms with van der Waals surface area (Å²) in [5.41, 5.74) is 0. The molecular formula is C11H19F2N. The fourth-order valence-corrected chi connectivity index (χ4v) is 2.77. The van der Waals surface area contributed by atoms with E-state index in [0.29, 0.717) is 13.0 Å². The molecule has 3 heteroatoms. The van der Waals surface area contributed by atoms with Crippen molar-refractivity contribution in [2.75, 3.05) is 6.54 Å². The van der Waals surface area contributed by atoms with Gasteiger partial charge in [-0.25, -0.2) is 4.90 Å². The van der Waals surface area contributed by atoms with Crippen molar-refractivity contribution in [2.24, 2.45) is 0 Å². The first-order valence-corrected chi connectivity index (χ1v) is 5.85. The van der Waals surface area contributed by atoms with E-state index in [1.165, 1.54) is 11.3 Å². The number of hydrogen-bond donors (Lipinski definition) is 0. The van der Waals surface area contributed by atoms with Crippen molar-refractivity contribution in [2.45, 2.75) is 63.5 Å². The predicted molar refractivity (Wildman–Crippen MR) is 52.4 cm³/mol. The zero-order chi connectivity index (χ0) is 10.0. The zero-order valence-corrected chi connectivity index (χ0v) is 8.64. The Labute approximate surface area is 84.5 Å². The van der Waals surface area contributed by atoms with E-state index in [1.807, 2.05) is 0 Å². The molecule has 1 aliphatic carbocycles. The SMILES string of the molecule is FC1(F)CCCCN1C1CCCCC1. The normalized spacial score (nSPS) is 30.4. The molecular weight excluding hydrogens is 184 g/mol. The highest BCUT2D eigenvalue weighted by Crippen LogP contribution is 2.36. The minimum absolute atomic E-state index is 0.0729. The van der Waals surface area contributed by atoms with E-state index in [2.05, 4.69) is 0 Å². The molecule has 2 fully saturated rings. The van der Waals surface area contributed by atoms with Crippen LogP contribution in [0.15, 0.2) is 0 Å². The van der Waals surface area contributed by atoms with Gasteiger partial charge in [0.15, 0.2) is 0 Å². The van der Waals surface area contributed by atoms with Crippen LogP contribution in [0.4, 0.5) is 8.78 Å². The molecule has 0 unspecified atom stereocenters. The lowest BCUT2D eigenvalue weighted by Crippen LogP contribution is -2.51. The van der Waals surface area contributed by atoms with Gasteiger partial charge in [-0.1, -0.05) is 19.3 Å². The number of piperidine rings is 1. The summed E-state index contributed by atoms with van der Waals surface area (Å²) < 4.78 is 27.2. The van der Waals surface area contributed by atoms with Crippen LogP contribution in [0.25, 0.3) is 0 Å². The van der Waals surface area contributed by atoms with Gasteiger partial charge in [0.05, 0.1) is 0 Å². The Hall–Kier alpha value is -0.180. The Morgan fingerprint density at radius 1 is 0.929 bits per heavy atom. The summed E-state index contributed by atoms with van der Waals surface area (Å²) in [5, 5.41) is 0. The summed E-state index contributed by atoms with van der Waals surface area (Å²) in [4.78, 5) is 1.48.